The molecule has 72 valence electrons. The first-order valence-electron chi connectivity index (χ1n) is 3.01. The third-order valence-electron chi connectivity index (χ3n) is 1.26. The fraction of sp³-hybridized carbons (Fsp3) is 0. The number of anilines is 1. The maximum absolute atomic E-state index is 12.5. The van der Waals surface area contributed by atoms with E-state index < -0.39 is 15.1 Å². The van der Waals surface area contributed by atoms with Crippen molar-refractivity contribution in [1.29, 1.82) is 0 Å². The zero-order valence-corrected chi connectivity index (χ0v) is 8.42. The summed E-state index contributed by atoms with van der Waals surface area (Å²) in [6.07, 6.45) is 0. The molecule has 0 aliphatic rings. The van der Waals surface area contributed by atoms with E-state index in [0.29, 0.717) is 0 Å². The molecule has 3 nitrogen and oxygen atoms in total. The average Bonchev–Trinajstić information content (AvgIpc) is 1.78. The van der Waals surface area contributed by atoms with Crippen molar-refractivity contribution in [3.05, 3.63) is 22.2 Å². The van der Waals surface area contributed by atoms with Gasteiger partial charge in [-0.1, -0.05) is 23.2 Å². The van der Waals surface area contributed by atoms with Crippen LogP contribution in [0.1, 0.15) is 0 Å². The van der Waals surface area contributed by atoms with Crippen molar-refractivity contribution >= 4 is 39.1 Å². The molecule has 1 rings (SSSR count). The Morgan fingerprint density at radius 1 is 1.23 bits per heavy atom. The van der Waals surface area contributed by atoms with Gasteiger partial charge in [-0.3, -0.25) is 0 Å². The molecule has 0 saturated heterocycles. The Morgan fingerprint density at radius 3 is 1.92 bits per heavy atom. The van der Waals surface area contributed by atoms with E-state index in [1.54, 1.807) is 0 Å². The van der Waals surface area contributed by atoms with E-state index in [1.807, 2.05) is 0 Å². The largest absolute Gasteiger partial charge is 0.399 e. The molecule has 0 radical (unpaired) electrons. The molecule has 0 aromatic heterocycles. The Balaban J connectivity index is 3.57. The van der Waals surface area contributed by atoms with Gasteiger partial charge in [0.15, 0.2) is 0 Å². The summed E-state index contributed by atoms with van der Waals surface area (Å²) in [6, 6.07) is 2.22. The molecule has 1 aromatic carbocycles. The number of hydrogen-bond acceptors (Lipinski definition) is 3. The lowest BCUT2D eigenvalue weighted by Crippen LogP contribution is -1.96. The maximum Gasteiger partial charge on any atom is 0.335 e. The third kappa shape index (κ3) is 2.24. The molecule has 7 heteroatoms. The summed E-state index contributed by atoms with van der Waals surface area (Å²) >= 11 is 10.9. The van der Waals surface area contributed by atoms with E-state index in [-0.39, 0.29) is 15.7 Å². The Bertz CT molecular complexity index is 423. The lowest BCUT2D eigenvalue weighted by molar-refractivity contribution is 0.552. The molecule has 0 bridgehead atoms. The van der Waals surface area contributed by atoms with Crippen LogP contribution in [0.15, 0.2) is 17.0 Å². The number of benzene rings is 1. The van der Waals surface area contributed by atoms with Crippen molar-refractivity contribution in [1.82, 2.24) is 0 Å². The highest BCUT2D eigenvalue weighted by Crippen LogP contribution is 2.32. The van der Waals surface area contributed by atoms with Gasteiger partial charge in [-0.25, -0.2) is 0 Å². The molecule has 1 aromatic rings. The highest BCUT2D eigenvalue weighted by atomic mass is 35.5. The van der Waals surface area contributed by atoms with Crippen molar-refractivity contribution in [3.63, 3.8) is 0 Å². The summed E-state index contributed by atoms with van der Waals surface area (Å²) in [6.45, 7) is 0. The third-order valence-corrected chi connectivity index (χ3v) is 3.01. The minimum atomic E-state index is -4.90. The highest BCUT2D eigenvalue weighted by molar-refractivity contribution is 7.86. The summed E-state index contributed by atoms with van der Waals surface area (Å²) in [5, 5.41) is -0.653. The summed E-state index contributed by atoms with van der Waals surface area (Å²) < 4.78 is 33.6. The molecular weight excluding hydrogens is 240 g/mol. The number of rotatable bonds is 1. The molecule has 13 heavy (non-hydrogen) atoms. The standard InChI is InChI=1S/C6H4Cl2FNO2S/c7-4-1-3(10)2-5(8)6(4)13(9,11)12/h1-2H,10H2. The zero-order valence-electron chi connectivity index (χ0n) is 6.09. The van der Waals surface area contributed by atoms with Crippen LogP contribution in [0, 0.1) is 0 Å². The van der Waals surface area contributed by atoms with Crippen molar-refractivity contribution < 1.29 is 12.3 Å². The minimum absolute atomic E-state index is 0.169. The first-order chi connectivity index (χ1) is 5.82. The molecular formula is C6H4Cl2FNO2S. The van der Waals surface area contributed by atoms with Gasteiger partial charge in [-0.05, 0) is 12.1 Å². The van der Waals surface area contributed by atoms with Crippen LogP contribution >= 0.6 is 23.2 Å². The molecule has 0 fully saturated rings. The van der Waals surface area contributed by atoms with Crippen LogP contribution in [-0.4, -0.2) is 8.42 Å². The fourth-order valence-corrected chi connectivity index (χ4v) is 2.45. The Hall–Kier alpha value is -0.520. The van der Waals surface area contributed by atoms with E-state index >= 15 is 0 Å². The summed E-state index contributed by atoms with van der Waals surface area (Å²) in [5.41, 5.74) is 5.45. The van der Waals surface area contributed by atoms with E-state index in [2.05, 4.69) is 0 Å². The van der Waals surface area contributed by atoms with Crippen molar-refractivity contribution in [3.8, 4) is 0 Å². The van der Waals surface area contributed by atoms with Gasteiger partial charge in [-0.15, -0.1) is 3.89 Å². The molecule has 0 unspecified atom stereocenters. The van der Waals surface area contributed by atoms with E-state index in [0.717, 1.165) is 12.1 Å². The molecule has 0 aliphatic heterocycles. The summed E-state index contributed by atoms with van der Waals surface area (Å²) in [4.78, 5) is -0.745. The SMILES string of the molecule is Nc1cc(Cl)c(S(=O)(=O)F)c(Cl)c1. The summed E-state index contributed by atoms with van der Waals surface area (Å²) in [5.74, 6) is 0. The monoisotopic (exact) mass is 243 g/mol. The van der Waals surface area contributed by atoms with Gasteiger partial charge in [-0.2, -0.15) is 8.42 Å². The Labute approximate surface area is 84.5 Å². The fourth-order valence-electron chi connectivity index (χ4n) is 0.812. The molecule has 0 aliphatic carbocycles. The van der Waals surface area contributed by atoms with Gasteiger partial charge in [0, 0.05) is 5.69 Å². The maximum atomic E-state index is 12.5. The molecule has 0 heterocycles. The van der Waals surface area contributed by atoms with Gasteiger partial charge < -0.3 is 5.73 Å². The van der Waals surface area contributed by atoms with Crippen molar-refractivity contribution in [2.75, 3.05) is 5.73 Å². The van der Waals surface area contributed by atoms with E-state index in [1.165, 1.54) is 0 Å². The number of hydrogen-bond donors (Lipinski definition) is 1. The molecule has 0 amide bonds. The number of halogens is 3. The quantitative estimate of drug-likeness (QED) is 0.608. The first-order valence-corrected chi connectivity index (χ1v) is 5.15. The van der Waals surface area contributed by atoms with E-state index in [9.17, 15) is 12.3 Å². The van der Waals surface area contributed by atoms with Gasteiger partial charge in [0.2, 0.25) is 0 Å². The second-order valence-electron chi connectivity index (χ2n) is 2.25. The van der Waals surface area contributed by atoms with Crippen LogP contribution in [0.2, 0.25) is 10.0 Å². The molecule has 0 atom stereocenters. The van der Waals surface area contributed by atoms with Crippen molar-refractivity contribution in [2.24, 2.45) is 0 Å². The van der Waals surface area contributed by atoms with Crippen LogP contribution in [0.3, 0.4) is 0 Å². The highest BCUT2D eigenvalue weighted by Gasteiger charge is 2.21. The van der Waals surface area contributed by atoms with E-state index in [4.69, 9.17) is 28.9 Å². The molecule has 0 saturated carbocycles. The Morgan fingerprint density at radius 2 is 1.62 bits per heavy atom. The van der Waals surface area contributed by atoms with Gasteiger partial charge in [0.05, 0.1) is 10.0 Å². The van der Waals surface area contributed by atoms with Crippen LogP contribution in [0.5, 0.6) is 0 Å². The predicted molar refractivity (Wildman–Crippen MR) is 49.2 cm³/mol. The topological polar surface area (TPSA) is 60.2 Å². The van der Waals surface area contributed by atoms with Gasteiger partial charge >= 0.3 is 10.2 Å². The summed E-state index contributed by atoms with van der Waals surface area (Å²) in [7, 11) is -4.90. The Kier molecular flexibility index (Phi) is 2.70. The first kappa shape index (κ1) is 10.6. The molecule has 2 N–H and O–H groups in total. The van der Waals surface area contributed by atoms with Crippen LogP contribution in [0.25, 0.3) is 0 Å². The number of nitrogen functional groups attached to an aromatic ring is 1. The van der Waals surface area contributed by atoms with Gasteiger partial charge in [0.25, 0.3) is 0 Å². The van der Waals surface area contributed by atoms with Crippen molar-refractivity contribution in [2.45, 2.75) is 4.90 Å². The van der Waals surface area contributed by atoms with Crippen LogP contribution in [-0.2, 0) is 10.2 Å². The normalized spacial score (nSPS) is 11.6. The lowest BCUT2D eigenvalue weighted by atomic mass is 10.3. The predicted octanol–water partition coefficient (Wildman–Crippen LogP) is 2.23. The van der Waals surface area contributed by atoms with Crippen LogP contribution in [0.4, 0.5) is 9.57 Å². The lowest BCUT2D eigenvalue weighted by Gasteiger charge is -2.02. The molecule has 0 spiro atoms. The smallest absolute Gasteiger partial charge is 0.335 e. The average molecular weight is 244 g/mol. The van der Waals surface area contributed by atoms with Crippen LogP contribution < -0.4 is 5.73 Å². The number of nitrogens with two attached hydrogens (primary N) is 1. The minimum Gasteiger partial charge on any atom is -0.399 e. The zero-order chi connectivity index (χ0) is 10.2. The second kappa shape index (κ2) is 3.32. The van der Waals surface area contributed by atoms with Gasteiger partial charge in [0.1, 0.15) is 4.90 Å². The second-order valence-corrected chi connectivity index (χ2v) is 4.35.